The van der Waals surface area contributed by atoms with Gasteiger partial charge in [-0.3, -0.25) is 0 Å². The van der Waals surface area contributed by atoms with Crippen LogP contribution in [0.1, 0.15) is 13.3 Å². The average Bonchev–Trinajstić information content (AvgIpc) is 1.90. The molecular weight excluding hydrogens is 130 g/mol. The van der Waals surface area contributed by atoms with E-state index in [-0.39, 0.29) is 0 Å². The van der Waals surface area contributed by atoms with Crippen LogP contribution in [0.3, 0.4) is 0 Å². The largest absolute Gasteiger partial charge is 0.355 e. The minimum Gasteiger partial charge on any atom is -0.355 e. The molecule has 1 saturated heterocycles. The summed E-state index contributed by atoms with van der Waals surface area (Å²) < 4.78 is 2.80. The van der Waals surface area contributed by atoms with E-state index in [2.05, 4.69) is 11.2 Å². The summed E-state index contributed by atoms with van der Waals surface area (Å²) in [6.45, 7) is 3.68. The first kappa shape index (κ1) is 6.51. The minimum absolute atomic E-state index is 0.318. The topological polar surface area (TPSA) is 3.24 Å². The monoisotopic (exact) mass is 145 g/mol. The smallest absolute Gasteiger partial charge is 0.0871 e. The Balaban J connectivity index is 2.13. The van der Waals surface area contributed by atoms with E-state index in [0.717, 1.165) is 0 Å². The summed E-state index contributed by atoms with van der Waals surface area (Å²) >= 11 is 0. The predicted octanol–water partition coefficient (Wildman–Crippen LogP) is -0.284. The maximum absolute atomic E-state index is 2.80. The van der Waals surface area contributed by atoms with Gasteiger partial charge in [0.2, 0.25) is 0 Å². The van der Waals surface area contributed by atoms with Crippen LogP contribution in [0.5, 0.6) is 0 Å². The summed E-state index contributed by atoms with van der Waals surface area (Å²) in [6.07, 6.45) is 1.58. The lowest BCUT2D eigenvalue weighted by Gasteiger charge is -2.23. The Morgan fingerprint density at radius 1 is 1.38 bits per heavy atom. The second-order valence-electron chi connectivity index (χ2n) is 2.49. The van der Waals surface area contributed by atoms with Gasteiger partial charge >= 0.3 is 0 Å². The van der Waals surface area contributed by atoms with Crippen LogP contribution in [-0.2, 0) is 0 Å². The third kappa shape index (κ3) is 1.72. The zero-order valence-corrected chi connectivity index (χ0v) is 8.52. The molecule has 1 aliphatic heterocycles. The Hall–Kier alpha value is 0.394. The number of nitrogens with zero attached hydrogens (tertiary/aromatic N) is 1. The lowest BCUT2D eigenvalue weighted by atomic mass is 10.6. The quantitative estimate of drug-likeness (QED) is 0.459. The number of rotatable bonds is 1. The van der Waals surface area contributed by atoms with Crippen LogP contribution in [0.25, 0.3) is 0 Å². The first-order chi connectivity index (χ1) is 3.93. The van der Waals surface area contributed by atoms with Gasteiger partial charge in [-0.2, -0.15) is 0 Å². The van der Waals surface area contributed by atoms with Crippen molar-refractivity contribution in [2.24, 2.45) is 0 Å². The van der Waals surface area contributed by atoms with Crippen LogP contribution >= 0.6 is 0 Å². The maximum Gasteiger partial charge on any atom is 0.0871 e. The molecule has 0 unspecified atom stereocenters. The van der Waals surface area contributed by atoms with Crippen molar-refractivity contribution in [3.8, 4) is 0 Å². The Morgan fingerprint density at radius 2 is 2.00 bits per heavy atom. The highest BCUT2D eigenvalue weighted by molar-refractivity contribution is 6.51. The zero-order chi connectivity index (χ0) is 5.82. The molecule has 3 heteroatoms. The molecule has 0 spiro atoms. The molecule has 1 rings (SSSR count). The van der Waals surface area contributed by atoms with Crippen molar-refractivity contribution in [3.05, 3.63) is 0 Å². The van der Waals surface area contributed by atoms with Crippen molar-refractivity contribution < 1.29 is 0 Å². The molecule has 0 aliphatic carbocycles. The summed E-state index contributed by atoms with van der Waals surface area (Å²) in [5, 5.41) is 0. The van der Waals surface area contributed by atoms with Crippen molar-refractivity contribution in [3.63, 3.8) is 0 Å². The Morgan fingerprint density at radius 3 is 2.38 bits per heavy atom. The SMILES string of the molecule is CCN1[SiH2]CCC[SiH2]1. The zero-order valence-electron chi connectivity index (χ0n) is 5.69. The van der Waals surface area contributed by atoms with E-state index in [1.807, 2.05) is 0 Å². The molecule has 0 saturated carbocycles. The fourth-order valence-electron chi connectivity index (χ4n) is 1.28. The van der Waals surface area contributed by atoms with E-state index in [1.165, 1.54) is 6.54 Å². The summed E-state index contributed by atoms with van der Waals surface area (Å²) in [7, 11) is 0.635. The van der Waals surface area contributed by atoms with Gasteiger partial charge in [-0.25, -0.2) is 0 Å². The van der Waals surface area contributed by atoms with Crippen LogP contribution in [0.4, 0.5) is 0 Å². The van der Waals surface area contributed by atoms with Gasteiger partial charge in [0.1, 0.15) is 0 Å². The van der Waals surface area contributed by atoms with Gasteiger partial charge in [-0.15, -0.1) is 0 Å². The van der Waals surface area contributed by atoms with E-state index in [0.29, 0.717) is 19.4 Å². The molecule has 1 heterocycles. The van der Waals surface area contributed by atoms with Gasteiger partial charge in [-0.1, -0.05) is 25.4 Å². The first-order valence-electron chi connectivity index (χ1n) is 3.66. The summed E-state index contributed by atoms with van der Waals surface area (Å²) in [5.41, 5.74) is 0. The molecule has 0 bridgehead atoms. The molecule has 0 aromatic rings. The minimum atomic E-state index is 0.318. The molecule has 1 fully saturated rings. The summed E-state index contributed by atoms with van der Waals surface area (Å²) in [5.74, 6) is 0. The second-order valence-corrected chi connectivity index (χ2v) is 7.49. The predicted molar refractivity (Wildman–Crippen MR) is 43.7 cm³/mol. The molecule has 48 valence electrons. The van der Waals surface area contributed by atoms with Gasteiger partial charge in [0, 0.05) is 0 Å². The standard InChI is InChI=1S/C5H15NSi2/c1-2-6-7-4-3-5-8-6/h2-5,7-8H2,1H3. The molecule has 0 N–H and O–H groups in total. The average molecular weight is 145 g/mol. The van der Waals surface area contributed by atoms with Crippen LogP contribution in [0.15, 0.2) is 0 Å². The van der Waals surface area contributed by atoms with Crippen molar-refractivity contribution in [2.75, 3.05) is 6.54 Å². The molecule has 8 heavy (non-hydrogen) atoms. The molecular formula is C5H15NSi2. The first-order valence-corrected chi connectivity index (χ1v) is 6.92. The third-order valence-corrected chi connectivity index (χ3v) is 7.59. The van der Waals surface area contributed by atoms with E-state index in [1.54, 1.807) is 18.5 Å². The van der Waals surface area contributed by atoms with E-state index < -0.39 is 0 Å². The van der Waals surface area contributed by atoms with Gasteiger partial charge in [0.15, 0.2) is 0 Å². The molecule has 1 aliphatic rings. The molecule has 0 amide bonds. The van der Waals surface area contributed by atoms with E-state index in [9.17, 15) is 0 Å². The highest BCUT2D eigenvalue weighted by Gasteiger charge is 2.06. The molecule has 0 aromatic heterocycles. The van der Waals surface area contributed by atoms with Crippen LogP contribution < -0.4 is 0 Å². The van der Waals surface area contributed by atoms with Crippen LogP contribution in [0.2, 0.25) is 12.1 Å². The normalized spacial score (nSPS) is 29.6. The fraction of sp³-hybridized carbons (Fsp3) is 1.00. The van der Waals surface area contributed by atoms with E-state index in [4.69, 9.17) is 0 Å². The van der Waals surface area contributed by atoms with Crippen LogP contribution in [-0.4, -0.2) is 30.1 Å². The fourth-order valence-corrected chi connectivity index (χ4v) is 6.90. The Labute approximate surface area is 56.3 Å². The van der Waals surface area contributed by atoms with Gasteiger partial charge < -0.3 is 4.23 Å². The molecule has 0 atom stereocenters. The third-order valence-electron chi connectivity index (χ3n) is 1.90. The second kappa shape index (κ2) is 3.43. The van der Waals surface area contributed by atoms with Crippen molar-refractivity contribution in [1.29, 1.82) is 0 Å². The highest BCUT2D eigenvalue weighted by atomic mass is 28.3. The number of hydrogen-bond acceptors (Lipinski definition) is 1. The lowest BCUT2D eigenvalue weighted by Crippen LogP contribution is -2.34. The van der Waals surface area contributed by atoms with E-state index >= 15 is 0 Å². The van der Waals surface area contributed by atoms with Crippen molar-refractivity contribution >= 4 is 19.4 Å². The molecule has 0 radical (unpaired) electrons. The van der Waals surface area contributed by atoms with Crippen molar-refractivity contribution in [1.82, 2.24) is 4.23 Å². The van der Waals surface area contributed by atoms with Crippen molar-refractivity contribution in [2.45, 2.75) is 25.4 Å². The summed E-state index contributed by atoms with van der Waals surface area (Å²) in [4.78, 5) is 0. The molecule has 0 aromatic carbocycles. The van der Waals surface area contributed by atoms with Crippen LogP contribution in [0, 0.1) is 0 Å². The van der Waals surface area contributed by atoms with Gasteiger partial charge in [-0.05, 0) is 6.54 Å². The number of hydrogen-bond donors (Lipinski definition) is 0. The van der Waals surface area contributed by atoms with Gasteiger partial charge in [0.05, 0.1) is 19.4 Å². The Bertz CT molecular complexity index is 61.4. The maximum atomic E-state index is 2.80. The lowest BCUT2D eigenvalue weighted by molar-refractivity contribution is 0.681. The molecule has 1 nitrogen and oxygen atoms in total. The summed E-state index contributed by atoms with van der Waals surface area (Å²) in [6, 6.07) is 3.20. The Kier molecular flexibility index (Phi) is 2.79. The highest BCUT2D eigenvalue weighted by Crippen LogP contribution is 2.04. The van der Waals surface area contributed by atoms with Gasteiger partial charge in [0.25, 0.3) is 0 Å².